The first-order valence-electron chi connectivity index (χ1n) is 4.78. The van der Waals surface area contributed by atoms with Crippen molar-refractivity contribution in [2.75, 3.05) is 5.75 Å². The Labute approximate surface area is 94.0 Å². The zero-order chi connectivity index (χ0) is 11.3. The molecule has 1 rings (SSSR count). The summed E-state index contributed by atoms with van der Waals surface area (Å²) in [5.41, 5.74) is 1.28. The van der Waals surface area contributed by atoms with Crippen molar-refractivity contribution in [3.8, 4) is 0 Å². The molecule has 1 N–H and O–H groups in total. The first-order valence-corrected chi connectivity index (χ1v) is 5.76. The van der Waals surface area contributed by atoms with Crippen LogP contribution in [0.3, 0.4) is 0 Å². The third-order valence-corrected chi connectivity index (χ3v) is 2.81. The lowest BCUT2D eigenvalue weighted by molar-refractivity contribution is -0.132. The second-order valence-electron chi connectivity index (χ2n) is 3.13. The van der Waals surface area contributed by atoms with E-state index in [0.29, 0.717) is 5.57 Å². The molecule has 15 heavy (non-hydrogen) atoms. The Bertz CT molecular complexity index is 366. The van der Waals surface area contributed by atoms with Crippen LogP contribution in [-0.4, -0.2) is 16.8 Å². The van der Waals surface area contributed by atoms with E-state index in [-0.39, 0.29) is 0 Å². The van der Waals surface area contributed by atoms with Crippen molar-refractivity contribution in [3.63, 3.8) is 0 Å². The molecule has 0 heterocycles. The molecule has 3 heteroatoms. The van der Waals surface area contributed by atoms with Gasteiger partial charge >= 0.3 is 5.97 Å². The van der Waals surface area contributed by atoms with Gasteiger partial charge in [-0.25, -0.2) is 4.79 Å². The predicted octanol–water partition coefficient (Wildman–Crippen LogP) is 3.29. The lowest BCUT2D eigenvalue weighted by Crippen LogP contribution is -1.95. The van der Waals surface area contributed by atoms with Gasteiger partial charge in [-0.1, -0.05) is 19.1 Å². The normalized spacial score (nSPS) is 11.5. The van der Waals surface area contributed by atoms with E-state index in [1.165, 1.54) is 4.90 Å². The van der Waals surface area contributed by atoms with Crippen molar-refractivity contribution >= 4 is 23.8 Å². The van der Waals surface area contributed by atoms with Gasteiger partial charge in [-0.2, -0.15) is 0 Å². The molecule has 0 aliphatic heterocycles. The third kappa shape index (κ3) is 3.80. The van der Waals surface area contributed by atoms with Crippen LogP contribution < -0.4 is 0 Å². The molecule has 0 fully saturated rings. The molecule has 1 aromatic carbocycles. The van der Waals surface area contributed by atoms with E-state index in [0.717, 1.165) is 11.3 Å². The van der Waals surface area contributed by atoms with Crippen LogP contribution in [0.5, 0.6) is 0 Å². The molecule has 0 aromatic heterocycles. The average molecular weight is 222 g/mol. The second-order valence-corrected chi connectivity index (χ2v) is 4.47. The zero-order valence-corrected chi connectivity index (χ0v) is 9.67. The smallest absolute Gasteiger partial charge is 0.331 e. The summed E-state index contributed by atoms with van der Waals surface area (Å²) in [5, 5.41) is 8.71. The second kappa shape index (κ2) is 5.61. The zero-order valence-electron chi connectivity index (χ0n) is 8.86. The van der Waals surface area contributed by atoms with Gasteiger partial charge in [-0.05, 0) is 36.4 Å². The Balaban J connectivity index is 2.80. The van der Waals surface area contributed by atoms with Gasteiger partial charge in [0, 0.05) is 10.5 Å². The Morgan fingerprint density at radius 3 is 2.47 bits per heavy atom. The molecule has 80 valence electrons. The van der Waals surface area contributed by atoms with E-state index in [2.05, 4.69) is 6.92 Å². The van der Waals surface area contributed by atoms with E-state index in [4.69, 9.17) is 5.11 Å². The van der Waals surface area contributed by atoms with Gasteiger partial charge in [0.05, 0.1) is 0 Å². The van der Waals surface area contributed by atoms with Crippen molar-refractivity contribution in [2.24, 2.45) is 0 Å². The van der Waals surface area contributed by atoms with Crippen molar-refractivity contribution in [1.29, 1.82) is 0 Å². The Kier molecular flexibility index (Phi) is 4.43. The number of hydrogen-bond donors (Lipinski definition) is 1. The minimum Gasteiger partial charge on any atom is -0.478 e. The van der Waals surface area contributed by atoms with Crippen molar-refractivity contribution in [3.05, 3.63) is 35.4 Å². The monoisotopic (exact) mass is 222 g/mol. The van der Waals surface area contributed by atoms with E-state index < -0.39 is 5.97 Å². The predicted molar refractivity (Wildman–Crippen MR) is 64.1 cm³/mol. The summed E-state index contributed by atoms with van der Waals surface area (Å²) in [7, 11) is 0. The standard InChI is InChI=1S/C12H14O2S/c1-3-15-11-6-4-10(5-7-11)8-9(2)12(13)14/h4-8H,3H2,1-2H3,(H,13,14)/b9-8+. The molecule has 0 aliphatic rings. The molecule has 0 amide bonds. The molecule has 0 saturated carbocycles. The number of thioether (sulfide) groups is 1. The molecule has 0 bridgehead atoms. The van der Waals surface area contributed by atoms with E-state index in [1.54, 1.807) is 24.8 Å². The van der Waals surface area contributed by atoms with E-state index in [9.17, 15) is 4.79 Å². The molecule has 0 radical (unpaired) electrons. The van der Waals surface area contributed by atoms with E-state index in [1.807, 2.05) is 24.3 Å². The van der Waals surface area contributed by atoms with Gasteiger partial charge in [0.25, 0.3) is 0 Å². The fourth-order valence-electron chi connectivity index (χ4n) is 1.14. The van der Waals surface area contributed by atoms with Crippen LogP contribution in [0.4, 0.5) is 0 Å². The number of carboxylic acids is 1. The summed E-state index contributed by atoms with van der Waals surface area (Å²) in [5.74, 6) is 0.172. The highest BCUT2D eigenvalue weighted by Crippen LogP contribution is 2.18. The van der Waals surface area contributed by atoms with Crippen molar-refractivity contribution in [1.82, 2.24) is 0 Å². The quantitative estimate of drug-likeness (QED) is 0.627. The van der Waals surface area contributed by atoms with Crippen LogP contribution in [0.2, 0.25) is 0 Å². The third-order valence-electron chi connectivity index (χ3n) is 1.91. The van der Waals surface area contributed by atoms with Gasteiger partial charge in [0.15, 0.2) is 0 Å². The largest absolute Gasteiger partial charge is 0.478 e. The van der Waals surface area contributed by atoms with Crippen molar-refractivity contribution in [2.45, 2.75) is 18.7 Å². The molecular weight excluding hydrogens is 208 g/mol. The van der Waals surface area contributed by atoms with Gasteiger partial charge in [0.2, 0.25) is 0 Å². The number of hydrogen-bond acceptors (Lipinski definition) is 2. The Morgan fingerprint density at radius 2 is 2.00 bits per heavy atom. The topological polar surface area (TPSA) is 37.3 Å². The highest BCUT2D eigenvalue weighted by atomic mass is 32.2. The first kappa shape index (κ1) is 11.9. The summed E-state index contributed by atoms with van der Waals surface area (Å²) in [6.07, 6.45) is 1.67. The first-order chi connectivity index (χ1) is 7.13. The molecule has 0 spiro atoms. The maximum Gasteiger partial charge on any atom is 0.331 e. The van der Waals surface area contributed by atoms with Gasteiger partial charge in [0.1, 0.15) is 0 Å². The number of carbonyl (C=O) groups is 1. The minimum atomic E-state index is -0.873. The molecule has 1 aromatic rings. The molecule has 0 saturated heterocycles. The maximum absolute atomic E-state index is 10.6. The number of carboxylic acid groups (broad SMARTS) is 1. The van der Waals surface area contributed by atoms with Gasteiger partial charge in [-0.15, -0.1) is 11.8 Å². The highest BCUT2D eigenvalue weighted by Gasteiger charge is 1.99. The van der Waals surface area contributed by atoms with Crippen LogP contribution in [0.15, 0.2) is 34.7 Å². The summed E-state index contributed by atoms with van der Waals surface area (Å²) < 4.78 is 0. The number of rotatable bonds is 4. The SMILES string of the molecule is CCSc1ccc(/C=C(\C)C(=O)O)cc1. The fourth-order valence-corrected chi connectivity index (χ4v) is 1.80. The summed E-state index contributed by atoms with van der Waals surface area (Å²) >= 11 is 1.77. The van der Waals surface area contributed by atoms with Crippen LogP contribution in [-0.2, 0) is 4.79 Å². The number of benzene rings is 1. The maximum atomic E-state index is 10.6. The number of aliphatic carboxylic acids is 1. The molecule has 0 atom stereocenters. The molecule has 0 aliphatic carbocycles. The van der Waals surface area contributed by atoms with Crippen LogP contribution in [0.25, 0.3) is 6.08 Å². The van der Waals surface area contributed by atoms with Crippen LogP contribution in [0.1, 0.15) is 19.4 Å². The summed E-state index contributed by atoms with van der Waals surface area (Å²) in [6, 6.07) is 7.89. The Morgan fingerprint density at radius 1 is 1.40 bits per heavy atom. The van der Waals surface area contributed by atoms with Gasteiger partial charge in [-0.3, -0.25) is 0 Å². The Hall–Kier alpha value is -1.22. The summed E-state index contributed by atoms with van der Waals surface area (Å²) in [4.78, 5) is 11.8. The van der Waals surface area contributed by atoms with Gasteiger partial charge < -0.3 is 5.11 Å². The van der Waals surface area contributed by atoms with Crippen LogP contribution in [0, 0.1) is 0 Å². The van der Waals surface area contributed by atoms with Crippen molar-refractivity contribution < 1.29 is 9.90 Å². The highest BCUT2D eigenvalue weighted by molar-refractivity contribution is 7.99. The fraction of sp³-hybridized carbons (Fsp3) is 0.250. The molecular formula is C12H14O2S. The average Bonchev–Trinajstić information content (AvgIpc) is 2.21. The summed E-state index contributed by atoms with van der Waals surface area (Å²) in [6.45, 7) is 3.70. The molecule has 2 nitrogen and oxygen atoms in total. The minimum absolute atomic E-state index is 0.353. The molecule has 0 unspecified atom stereocenters. The lowest BCUT2D eigenvalue weighted by Gasteiger charge is -1.99. The van der Waals surface area contributed by atoms with E-state index >= 15 is 0 Å². The lowest BCUT2D eigenvalue weighted by atomic mass is 10.1. The van der Waals surface area contributed by atoms with Crippen LogP contribution >= 0.6 is 11.8 Å².